The molecule has 6 unspecified atom stereocenters. The summed E-state index contributed by atoms with van der Waals surface area (Å²) in [4.78, 5) is 32.7. The summed E-state index contributed by atoms with van der Waals surface area (Å²) in [6.07, 6.45) is 7.01. The molecule has 66 heavy (non-hydrogen) atoms. The fourth-order valence-electron chi connectivity index (χ4n) is 11.2. The quantitative estimate of drug-likeness (QED) is 0.111. The van der Waals surface area contributed by atoms with E-state index in [1.165, 1.54) is 12.7 Å². The van der Waals surface area contributed by atoms with Crippen molar-refractivity contribution in [3.05, 3.63) is 69.6 Å². The van der Waals surface area contributed by atoms with Gasteiger partial charge in [-0.05, 0) is 99.1 Å². The van der Waals surface area contributed by atoms with Crippen molar-refractivity contribution in [2.75, 3.05) is 19.0 Å². The second-order valence-corrected chi connectivity index (χ2v) is 20.5. The molecule has 3 aliphatic carbocycles. The molecule has 0 amide bonds. The first-order valence-corrected chi connectivity index (χ1v) is 23.2. The summed E-state index contributed by atoms with van der Waals surface area (Å²) in [7, 11) is 1.29. The van der Waals surface area contributed by atoms with Crippen molar-refractivity contribution >= 4 is 29.5 Å². The fraction of sp³-hybridized carbons (Fsp3) is 0.600. The molecule has 2 saturated heterocycles. The molecular formula is C50H64N4O12. The van der Waals surface area contributed by atoms with Crippen LogP contribution in [-0.2, 0) is 35.0 Å². The number of methoxy groups -OCH3 is 1. The third-order valence-electron chi connectivity index (χ3n) is 14.5. The lowest BCUT2D eigenvalue weighted by Crippen LogP contribution is -2.78. The van der Waals surface area contributed by atoms with Gasteiger partial charge in [0, 0.05) is 35.0 Å². The molecule has 8 aliphatic rings. The number of aromatic nitrogens is 3. The van der Waals surface area contributed by atoms with E-state index in [1.807, 2.05) is 32.9 Å². The number of aliphatic hydroxyl groups is 3. The number of hydrogen-bond acceptors (Lipinski definition) is 15. The van der Waals surface area contributed by atoms with Gasteiger partial charge in [-0.2, -0.15) is 0 Å². The normalized spacial score (nSPS) is 34.4. The number of hydrogen-bond donors (Lipinski definition) is 4. The molecule has 10 rings (SSSR count). The van der Waals surface area contributed by atoms with Gasteiger partial charge in [-0.15, -0.1) is 5.10 Å². The molecular weight excluding hydrogens is 849 g/mol. The van der Waals surface area contributed by atoms with Gasteiger partial charge in [-0.3, -0.25) is 4.79 Å². The number of ketones is 1. The van der Waals surface area contributed by atoms with Crippen molar-refractivity contribution in [2.45, 2.75) is 161 Å². The van der Waals surface area contributed by atoms with Crippen molar-refractivity contribution in [2.24, 2.45) is 17.8 Å². The predicted molar refractivity (Wildman–Crippen MR) is 242 cm³/mol. The van der Waals surface area contributed by atoms with E-state index in [9.17, 15) is 20.1 Å². The van der Waals surface area contributed by atoms with Crippen molar-refractivity contribution in [3.63, 3.8) is 0 Å². The van der Waals surface area contributed by atoms with E-state index in [4.69, 9.17) is 38.3 Å². The summed E-state index contributed by atoms with van der Waals surface area (Å²) < 4.78 is 47.1. The van der Waals surface area contributed by atoms with Gasteiger partial charge in [0.2, 0.25) is 12.2 Å². The minimum atomic E-state index is -2.20. The van der Waals surface area contributed by atoms with Crippen molar-refractivity contribution in [3.8, 4) is 17.2 Å². The first-order valence-electron chi connectivity index (χ1n) is 23.2. The molecule has 11 atom stereocenters. The molecule has 4 bridgehead atoms. The number of rotatable bonds is 11. The van der Waals surface area contributed by atoms with Crippen molar-refractivity contribution < 1.29 is 58.1 Å². The zero-order valence-corrected chi connectivity index (χ0v) is 39.8. The lowest BCUT2D eigenvalue weighted by molar-refractivity contribution is -0.373. The van der Waals surface area contributed by atoms with E-state index in [-0.39, 0.29) is 42.0 Å². The van der Waals surface area contributed by atoms with E-state index < -0.39 is 82.9 Å². The highest BCUT2D eigenvalue weighted by molar-refractivity contribution is 6.01. The minimum absolute atomic E-state index is 0.0680. The van der Waals surface area contributed by atoms with Crippen LogP contribution in [-0.4, -0.2) is 109 Å². The highest BCUT2D eigenvalue weighted by atomic mass is 16.8. The van der Waals surface area contributed by atoms with Crippen molar-refractivity contribution in [1.82, 2.24) is 14.8 Å². The van der Waals surface area contributed by atoms with Crippen LogP contribution < -0.4 is 19.5 Å². The summed E-state index contributed by atoms with van der Waals surface area (Å²) in [5.74, 6) is -2.20. The number of ether oxygens (including phenoxy) is 7. The lowest BCUT2D eigenvalue weighted by atomic mass is 9.46. The smallest absolute Gasteiger partial charge is 0.333 e. The molecule has 356 valence electrons. The Balaban J connectivity index is 1.33. The van der Waals surface area contributed by atoms with Crippen LogP contribution in [0.1, 0.15) is 118 Å². The summed E-state index contributed by atoms with van der Waals surface area (Å²) in [5, 5.41) is 45.5. The number of nitrogens with zero attached hydrogens (tertiary/aromatic N) is 3. The SMILES string of the molecule is COC(=O)/C(C)=C\CC1(O)C(=O)C2CC(C(C)C)C13Oc1c(CC=C(C)C)c4c(c(O[C@H]5O[C@H]6COC(C)(C)O[C@@H]6[C@@H](O)[C@@H]5O)c1C1=C3C2n2cnc(n2)N1)C=CC(C)(CCC=C(C)C)O4. The van der Waals surface area contributed by atoms with E-state index in [2.05, 4.69) is 50.1 Å². The minimum Gasteiger partial charge on any atom is -0.482 e. The average Bonchev–Trinajstić information content (AvgIpc) is 3.65. The van der Waals surface area contributed by atoms with Gasteiger partial charge in [0.25, 0.3) is 0 Å². The van der Waals surface area contributed by atoms with E-state index in [1.54, 1.807) is 37.9 Å². The summed E-state index contributed by atoms with van der Waals surface area (Å²) in [6, 6.07) is -0.743. The maximum absolute atomic E-state index is 15.3. The Hall–Kier alpha value is -4.84. The number of anilines is 1. The van der Waals surface area contributed by atoms with Crippen LogP contribution >= 0.6 is 0 Å². The number of benzene rings is 1. The highest BCUT2D eigenvalue weighted by Crippen LogP contribution is 2.68. The Bertz CT molecular complexity index is 2490. The number of fused-ring (bicyclic) bond motifs is 8. The molecule has 5 fully saturated rings. The van der Waals surface area contributed by atoms with Gasteiger partial charge >= 0.3 is 5.97 Å². The van der Waals surface area contributed by atoms with Crippen LogP contribution in [0.15, 0.2) is 52.9 Å². The fourth-order valence-corrected chi connectivity index (χ4v) is 11.2. The predicted octanol–water partition coefficient (Wildman–Crippen LogP) is 6.30. The first kappa shape index (κ1) is 46.3. The standard InChI is InChI=1S/C50H64N4O12/c1-24(2)13-12-18-48(10)19-17-29-39(65-48)28(15-14-25(3)4)41-33(40(29)63-45-38(56)37(55)42-32(62-45)22-61-47(8,9)64-42)35-34-36(54-23-51-46(52-35)53-54)30-21-31(26(5)6)50(34,66-41)49(59,43(30)57)20-16-27(7)44(58)60-11/h13-14,16-17,19,23,26,30-32,36-38,42,45,55-56,59H,12,15,18,20-22H2,1-11H3,(H,52,53)/b27-16-/t30?,31?,32-,36?,37-,38-,42-,45+,48?,49?,50?/m0/s1. The second-order valence-electron chi connectivity index (χ2n) is 20.5. The van der Waals surface area contributed by atoms with Gasteiger partial charge in [-0.25, -0.2) is 14.5 Å². The number of Topliss-reactive ketones (excluding diaryl/α,β-unsaturated/α-hetero) is 1. The zero-order valence-electron chi connectivity index (χ0n) is 39.8. The van der Waals surface area contributed by atoms with E-state index in [0.717, 1.165) is 12.0 Å². The molecule has 3 saturated carbocycles. The number of carbonyl (C=O) groups is 2. The van der Waals surface area contributed by atoms with Crippen LogP contribution in [0.5, 0.6) is 17.2 Å². The summed E-state index contributed by atoms with van der Waals surface area (Å²) in [6.45, 7) is 19.4. The van der Waals surface area contributed by atoms with Crippen LogP contribution in [0.25, 0.3) is 11.8 Å². The molecule has 16 nitrogen and oxygen atoms in total. The monoisotopic (exact) mass is 912 g/mol. The molecule has 1 aromatic heterocycles. The largest absolute Gasteiger partial charge is 0.482 e. The molecule has 0 radical (unpaired) electrons. The Labute approximate surface area is 385 Å². The number of esters is 1. The van der Waals surface area contributed by atoms with Gasteiger partial charge < -0.3 is 53.8 Å². The van der Waals surface area contributed by atoms with Crippen LogP contribution in [0.3, 0.4) is 0 Å². The second kappa shape index (κ2) is 16.4. The maximum atomic E-state index is 15.3. The number of allylic oxidation sites excluding steroid dienone is 4. The molecule has 1 aromatic carbocycles. The first-order chi connectivity index (χ1) is 31.1. The topological polar surface area (TPSA) is 202 Å². The highest BCUT2D eigenvalue weighted by Gasteiger charge is 2.76. The molecule has 16 heteroatoms. The van der Waals surface area contributed by atoms with Crippen molar-refractivity contribution in [1.29, 1.82) is 0 Å². The Morgan fingerprint density at radius 1 is 1.05 bits per heavy atom. The van der Waals surface area contributed by atoms with Crippen LogP contribution in [0.4, 0.5) is 5.95 Å². The van der Waals surface area contributed by atoms with Crippen LogP contribution in [0.2, 0.25) is 0 Å². The van der Waals surface area contributed by atoms with Gasteiger partial charge in [0.15, 0.2) is 22.8 Å². The van der Waals surface area contributed by atoms with Crippen LogP contribution in [0, 0.1) is 17.8 Å². The Morgan fingerprint density at radius 3 is 2.48 bits per heavy atom. The summed E-state index contributed by atoms with van der Waals surface area (Å²) in [5.41, 5.74) is 0.325. The molecule has 1 spiro atoms. The average molecular weight is 913 g/mol. The summed E-state index contributed by atoms with van der Waals surface area (Å²) >= 11 is 0. The van der Waals surface area contributed by atoms with E-state index in [0.29, 0.717) is 53.0 Å². The number of aliphatic hydroxyl groups excluding tert-OH is 2. The third kappa shape index (κ3) is 7.25. The Morgan fingerprint density at radius 2 is 1.79 bits per heavy atom. The molecule has 5 aliphatic heterocycles. The number of nitrogens with one attached hydrogen (secondary N) is 1. The zero-order chi connectivity index (χ0) is 47.4. The van der Waals surface area contributed by atoms with Gasteiger partial charge in [0.05, 0.1) is 36.6 Å². The lowest BCUT2D eigenvalue weighted by Gasteiger charge is -2.64. The molecule has 2 aromatic rings. The van der Waals surface area contributed by atoms with Gasteiger partial charge in [-0.1, -0.05) is 43.2 Å². The maximum Gasteiger partial charge on any atom is 0.333 e. The van der Waals surface area contributed by atoms with E-state index >= 15 is 4.79 Å². The number of carbonyl (C=O) groups excluding carboxylic acids is 2. The third-order valence-corrected chi connectivity index (χ3v) is 14.5. The van der Waals surface area contributed by atoms with Gasteiger partial charge in [0.1, 0.15) is 53.6 Å². The molecule has 4 N–H and O–H groups in total. The Kier molecular flexibility index (Phi) is 11.5. The molecule has 6 heterocycles.